The van der Waals surface area contributed by atoms with Gasteiger partial charge in [-0.3, -0.25) is 0 Å². The van der Waals surface area contributed by atoms with Crippen molar-refractivity contribution < 1.29 is 8.42 Å². The normalized spacial score (nSPS) is 13.5. The van der Waals surface area contributed by atoms with E-state index in [0.717, 1.165) is 19.3 Å². The molecule has 0 amide bonds. The van der Waals surface area contributed by atoms with Crippen molar-refractivity contribution >= 4 is 9.84 Å². The molecular formula is C13H21NO2S. The van der Waals surface area contributed by atoms with Crippen LogP contribution >= 0.6 is 0 Å². The van der Waals surface area contributed by atoms with Gasteiger partial charge in [0.05, 0.1) is 10.6 Å². The molecule has 1 unspecified atom stereocenters. The van der Waals surface area contributed by atoms with Crippen LogP contribution in [0.1, 0.15) is 26.2 Å². The van der Waals surface area contributed by atoms with Crippen LogP contribution in [0.25, 0.3) is 0 Å². The SMILES string of the molecule is CNC(C)CCCCS(=O)(=O)c1ccccc1. The van der Waals surface area contributed by atoms with Gasteiger partial charge >= 0.3 is 0 Å². The third-order valence-electron chi connectivity index (χ3n) is 2.90. The Morgan fingerprint density at radius 1 is 1.18 bits per heavy atom. The fourth-order valence-electron chi connectivity index (χ4n) is 1.63. The van der Waals surface area contributed by atoms with Crippen LogP contribution < -0.4 is 5.32 Å². The number of sulfone groups is 1. The third-order valence-corrected chi connectivity index (χ3v) is 4.71. The average molecular weight is 255 g/mol. The van der Waals surface area contributed by atoms with Gasteiger partial charge in [0.1, 0.15) is 0 Å². The summed E-state index contributed by atoms with van der Waals surface area (Å²) in [6.07, 6.45) is 2.68. The summed E-state index contributed by atoms with van der Waals surface area (Å²) in [5.74, 6) is 0.243. The van der Waals surface area contributed by atoms with Crippen LogP contribution in [0, 0.1) is 0 Å². The van der Waals surface area contributed by atoms with Crippen molar-refractivity contribution in [2.75, 3.05) is 12.8 Å². The lowest BCUT2D eigenvalue weighted by atomic mass is 10.1. The maximum Gasteiger partial charge on any atom is 0.178 e. The number of nitrogens with one attached hydrogen (secondary N) is 1. The Bertz CT molecular complexity index is 414. The van der Waals surface area contributed by atoms with Crippen molar-refractivity contribution in [2.45, 2.75) is 37.1 Å². The van der Waals surface area contributed by atoms with Gasteiger partial charge in [-0.2, -0.15) is 0 Å². The van der Waals surface area contributed by atoms with Gasteiger partial charge in [0.25, 0.3) is 0 Å². The summed E-state index contributed by atoms with van der Waals surface area (Å²) in [5.41, 5.74) is 0. The van der Waals surface area contributed by atoms with Crippen LogP contribution in [0.4, 0.5) is 0 Å². The van der Waals surface area contributed by atoms with E-state index in [2.05, 4.69) is 12.2 Å². The first-order valence-corrected chi connectivity index (χ1v) is 7.66. The molecule has 1 aromatic rings. The number of hydrogen-bond acceptors (Lipinski definition) is 3. The molecule has 96 valence electrons. The Morgan fingerprint density at radius 3 is 2.41 bits per heavy atom. The van der Waals surface area contributed by atoms with E-state index < -0.39 is 9.84 Å². The topological polar surface area (TPSA) is 46.2 Å². The van der Waals surface area contributed by atoms with Crippen LogP contribution in [-0.4, -0.2) is 27.3 Å². The predicted octanol–water partition coefficient (Wildman–Crippen LogP) is 2.24. The summed E-state index contributed by atoms with van der Waals surface area (Å²) in [5, 5.41) is 3.14. The van der Waals surface area contributed by atoms with Crippen molar-refractivity contribution in [3.8, 4) is 0 Å². The highest BCUT2D eigenvalue weighted by atomic mass is 32.2. The fraction of sp³-hybridized carbons (Fsp3) is 0.538. The molecule has 0 bridgehead atoms. The van der Waals surface area contributed by atoms with E-state index in [1.807, 2.05) is 13.1 Å². The minimum absolute atomic E-state index is 0.243. The first-order valence-electron chi connectivity index (χ1n) is 6.01. The lowest BCUT2D eigenvalue weighted by Gasteiger charge is -2.09. The molecule has 0 saturated carbocycles. The van der Waals surface area contributed by atoms with Gasteiger partial charge in [-0.25, -0.2) is 8.42 Å². The van der Waals surface area contributed by atoms with Gasteiger partial charge in [0.2, 0.25) is 0 Å². The van der Waals surface area contributed by atoms with Gasteiger partial charge in [0.15, 0.2) is 9.84 Å². The smallest absolute Gasteiger partial charge is 0.178 e. The molecule has 0 saturated heterocycles. The van der Waals surface area contributed by atoms with Crippen LogP contribution in [0.5, 0.6) is 0 Å². The van der Waals surface area contributed by atoms with Gasteiger partial charge < -0.3 is 5.32 Å². The minimum atomic E-state index is -3.09. The Kier molecular flexibility index (Phi) is 5.65. The lowest BCUT2D eigenvalue weighted by Crippen LogP contribution is -2.21. The van der Waals surface area contributed by atoms with Gasteiger partial charge in [0, 0.05) is 6.04 Å². The highest BCUT2D eigenvalue weighted by Crippen LogP contribution is 2.12. The monoisotopic (exact) mass is 255 g/mol. The summed E-state index contributed by atoms with van der Waals surface area (Å²) < 4.78 is 23.9. The standard InChI is InChI=1S/C13H21NO2S/c1-12(14-2)8-6-7-11-17(15,16)13-9-4-3-5-10-13/h3-5,9-10,12,14H,6-8,11H2,1-2H3. The molecule has 0 aliphatic heterocycles. The Labute approximate surface area is 104 Å². The van der Waals surface area contributed by atoms with Crippen LogP contribution in [-0.2, 0) is 9.84 Å². The molecule has 1 atom stereocenters. The predicted molar refractivity (Wildman–Crippen MR) is 70.9 cm³/mol. The van der Waals surface area contributed by atoms with E-state index in [9.17, 15) is 8.42 Å². The highest BCUT2D eigenvalue weighted by Gasteiger charge is 2.13. The second-order valence-electron chi connectivity index (χ2n) is 4.32. The van der Waals surface area contributed by atoms with Crippen molar-refractivity contribution in [3.63, 3.8) is 0 Å². The summed E-state index contributed by atoms with van der Waals surface area (Å²) in [7, 11) is -1.16. The van der Waals surface area contributed by atoms with Crippen LogP contribution in [0.3, 0.4) is 0 Å². The first kappa shape index (κ1) is 14.2. The van der Waals surface area contributed by atoms with E-state index in [4.69, 9.17) is 0 Å². The Hall–Kier alpha value is -0.870. The molecule has 0 heterocycles. The van der Waals surface area contributed by atoms with Crippen molar-refractivity contribution in [2.24, 2.45) is 0 Å². The number of hydrogen-bond donors (Lipinski definition) is 1. The molecular weight excluding hydrogens is 234 g/mol. The van der Waals surface area contributed by atoms with Crippen LogP contribution in [0.2, 0.25) is 0 Å². The Morgan fingerprint density at radius 2 is 1.82 bits per heavy atom. The molecule has 0 aliphatic carbocycles. The van der Waals surface area contributed by atoms with E-state index in [-0.39, 0.29) is 5.75 Å². The van der Waals surface area contributed by atoms with E-state index in [0.29, 0.717) is 10.9 Å². The molecule has 4 heteroatoms. The zero-order valence-electron chi connectivity index (χ0n) is 10.5. The lowest BCUT2D eigenvalue weighted by molar-refractivity contribution is 0.533. The van der Waals surface area contributed by atoms with Gasteiger partial charge in [-0.1, -0.05) is 24.6 Å². The quantitative estimate of drug-likeness (QED) is 0.760. The largest absolute Gasteiger partial charge is 0.317 e. The molecule has 1 N–H and O–H groups in total. The summed E-state index contributed by atoms with van der Waals surface area (Å²) in [6.45, 7) is 2.10. The molecule has 1 rings (SSSR count). The molecule has 1 aromatic carbocycles. The second kappa shape index (κ2) is 6.77. The van der Waals surface area contributed by atoms with Crippen molar-refractivity contribution in [1.82, 2.24) is 5.32 Å². The molecule has 0 aliphatic rings. The molecule has 17 heavy (non-hydrogen) atoms. The van der Waals surface area contributed by atoms with E-state index in [1.165, 1.54) is 0 Å². The highest BCUT2D eigenvalue weighted by molar-refractivity contribution is 7.91. The average Bonchev–Trinajstić information content (AvgIpc) is 2.35. The van der Waals surface area contributed by atoms with Gasteiger partial charge in [-0.15, -0.1) is 0 Å². The first-order chi connectivity index (χ1) is 8.06. The van der Waals surface area contributed by atoms with E-state index in [1.54, 1.807) is 24.3 Å². The fourth-order valence-corrected chi connectivity index (χ4v) is 3.02. The number of benzene rings is 1. The van der Waals surface area contributed by atoms with Crippen LogP contribution in [0.15, 0.2) is 35.2 Å². The molecule has 0 spiro atoms. The zero-order chi connectivity index (χ0) is 12.7. The Balaban J connectivity index is 2.41. The molecule has 0 aromatic heterocycles. The second-order valence-corrected chi connectivity index (χ2v) is 6.43. The minimum Gasteiger partial charge on any atom is -0.317 e. The number of rotatable bonds is 7. The van der Waals surface area contributed by atoms with Gasteiger partial charge in [-0.05, 0) is 38.9 Å². The maximum absolute atomic E-state index is 11.9. The molecule has 3 nitrogen and oxygen atoms in total. The molecule has 0 fully saturated rings. The third kappa shape index (κ3) is 4.88. The van der Waals surface area contributed by atoms with Crippen molar-refractivity contribution in [3.05, 3.63) is 30.3 Å². The van der Waals surface area contributed by atoms with Crippen molar-refractivity contribution in [1.29, 1.82) is 0 Å². The summed E-state index contributed by atoms with van der Waals surface area (Å²) in [6, 6.07) is 9.12. The molecule has 0 radical (unpaired) electrons. The number of unbranched alkanes of at least 4 members (excludes halogenated alkanes) is 1. The summed E-state index contributed by atoms with van der Waals surface area (Å²) >= 11 is 0. The summed E-state index contributed by atoms with van der Waals surface area (Å²) in [4.78, 5) is 0.432. The zero-order valence-corrected chi connectivity index (χ0v) is 11.3. The maximum atomic E-state index is 11.9. The van der Waals surface area contributed by atoms with E-state index >= 15 is 0 Å².